The first-order chi connectivity index (χ1) is 7.22. The Hall–Kier alpha value is -1.10. The lowest BCUT2D eigenvalue weighted by Gasteiger charge is -2.05. The van der Waals surface area contributed by atoms with Gasteiger partial charge in [-0.2, -0.15) is 0 Å². The van der Waals surface area contributed by atoms with Crippen molar-refractivity contribution in [1.29, 1.82) is 0 Å². The van der Waals surface area contributed by atoms with Gasteiger partial charge in [0.25, 0.3) is 0 Å². The Kier molecular flexibility index (Phi) is 5.10. The quantitative estimate of drug-likeness (QED) is 0.658. The van der Waals surface area contributed by atoms with Crippen molar-refractivity contribution in [2.24, 2.45) is 0 Å². The molecule has 0 aromatic heterocycles. The van der Waals surface area contributed by atoms with Gasteiger partial charge in [0.15, 0.2) is 0 Å². The van der Waals surface area contributed by atoms with Crippen molar-refractivity contribution in [2.75, 3.05) is 25.0 Å². The molecule has 0 saturated heterocycles. The van der Waals surface area contributed by atoms with Crippen molar-refractivity contribution in [1.82, 2.24) is 5.32 Å². The van der Waals surface area contributed by atoms with E-state index in [2.05, 4.69) is 10.6 Å². The summed E-state index contributed by atoms with van der Waals surface area (Å²) >= 11 is 5.76. The summed E-state index contributed by atoms with van der Waals surface area (Å²) in [6.07, 6.45) is 0. The lowest BCUT2D eigenvalue weighted by molar-refractivity contribution is -0.115. The van der Waals surface area contributed by atoms with Crippen LogP contribution in [-0.4, -0.2) is 30.7 Å². The zero-order valence-corrected chi connectivity index (χ0v) is 8.92. The van der Waals surface area contributed by atoms with E-state index in [4.69, 9.17) is 16.7 Å². The van der Waals surface area contributed by atoms with Crippen molar-refractivity contribution in [3.63, 3.8) is 0 Å². The number of anilines is 1. The average Bonchev–Trinajstić information content (AvgIpc) is 2.18. The first-order valence-corrected chi connectivity index (χ1v) is 4.97. The molecule has 0 fully saturated rings. The second-order valence-corrected chi connectivity index (χ2v) is 3.40. The average molecular weight is 231 g/mol. The molecular formula is C10H13ClN2O2. The van der Waals surface area contributed by atoms with Crippen LogP contribution in [0.2, 0.25) is 5.02 Å². The SMILES string of the molecule is O=[14C](CNCCO)Nc1cccc(Cl)c1. The largest absolute Gasteiger partial charge is 0.395 e. The number of benzene rings is 1. The van der Waals surface area contributed by atoms with Crippen LogP contribution in [0.4, 0.5) is 5.69 Å². The molecule has 0 bridgehead atoms. The number of nitrogens with one attached hydrogen (secondary N) is 2. The molecule has 0 saturated carbocycles. The molecule has 3 N–H and O–H groups in total. The van der Waals surface area contributed by atoms with Crippen LogP contribution in [0.25, 0.3) is 0 Å². The van der Waals surface area contributed by atoms with Crippen LogP contribution < -0.4 is 10.6 Å². The monoisotopic (exact) mass is 230 g/mol. The van der Waals surface area contributed by atoms with Gasteiger partial charge in [-0.25, -0.2) is 0 Å². The number of hydrogen-bond acceptors (Lipinski definition) is 3. The third-order valence-electron chi connectivity index (χ3n) is 1.68. The standard InChI is InChI=1S/C10H13ClN2O2/c11-8-2-1-3-9(6-8)13-10(15)7-12-4-5-14/h1-3,6,12,14H,4-5,7H2,(H,13,15)/i10+2. The zero-order chi connectivity index (χ0) is 11.1. The highest BCUT2D eigenvalue weighted by Crippen LogP contribution is 2.14. The van der Waals surface area contributed by atoms with Gasteiger partial charge in [0.1, 0.15) is 0 Å². The Labute approximate surface area is 93.2 Å². The number of carbonyl (C=O) groups is 1. The molecule has 0 heterocycles. The summed E-state index contributed by atoms with van der Waals surface area (Å²) in [5, 5.41) is 14.5. The summed E-state index contributed by atoms with van der Waals surface area (Å²) < 4.78 is 0. The van der Waals surface area contributed by atoms with Crippen LogP contribution >= 0.6 is 11.6 Å². The van der Waals surface area contributed by atoms with E-state index in [1.807, 2.05) is 0 Å². The van der Waals surface area contributed by atoms with Gasteiger partial charge < -0.3 is 15.7 Å². The highest BCUT2D eigenvalue weighted by atomic mass is 35.5. The molecule has 1 amide bonds. The minimum atomic E-state index is -0.161. The maximum atomic E-state index is 11.3. The van der Waals surface area contributed by atoms with Crippen LogP contribution in [0.3, 0.4) is 0 Å². The van der Waals surface area contributed by atoms with Gasteiger partial charge in [0.2, 0.25) is 5.91 Å². The van der Waals surface area contributed by atoms with Gasteiger partial charge >= 0.3 is 0 Å². The van der Waals surface area contributed by atoms with Crippen LogP contribution in [0.1, 0.15) is 0 Å². The minimum absolute atomic E-state index is 0.0183. The molecule has 1 aromatic rings. The number of halogens is 1. The number of aliphatic hydroxyl groups excluding tert-OH is 1. The Morgan fingerprint density at radius 1 is 1.47 bits per heavy atom. The third kappa shape index (κ3) is 4.78. The second kappa shape index (κ2) is 6.40. The smallest absolute Gasteiger partial charge is 0.238 e. The van der Waals surface area contributed by atoms with E-state index >= 15 is 0 Å². The van der Waals surface area contributed by atoms with Crippen molar-refractivity contribution >= 4 is 23.2 Å². The number of carbonyl (C=O) groups excluding carboxylic acids is 1. The van der Waals surface area contributed by atoms with Crippen molar-refractivity contribution in [2.45, 2.75) is 0 Å². The van der Waals surface area contributed by atoms with Crippen LogP contribution in [-0.2, 0) is 4.79 Å². The van der Waals surface area contributed by atoms with Gasteiger partial charge in [-0.1, -0.05) is 17.7 Å². The first kappa shape index (κ1) is 12.0. The number of aliphatic hydroxyl groups is 1. The van der Waals surface area contributed by atoms with E-state index in [9.17, 15) is 4.79 Å². The fourth-order valence-electron chi connectivity index (χ4n) is 1.05. The topological polar surface area (TPSA) is 61.4 Å². The van der Waals surface area contributed by atoms with E-state index in [1.165, 1.54) is 0 Å². The van der Waals surface area contributed by atoms with Crippen LogP contribution in [0.5, 0.6) is 0 Å². The molecule has 1 rings (SSSR count). The highest BCUT2D eigenvalue weighted by molar-refractivity contribution is 6.30. The molecule has 0 atom stereocenters. The summed E-state index contributed by atoms with van der Waals surface area (Å²) in [6.45, 7) is 0.598. The maximum Gasteiger partial charge on any atom is 0.238 e. The minimum Gasteiger partial charge on any atom is -0.395 e. The molecule has 1 aromatic carbocycles. The van der Waals surface area contributed by atoms with E-state index < -0.39 is 0 Å². The first-order valence-electron chi connectivity index (χ1n) is 4.59. The van der Waals surface area contributed by atoms with Gasteiger partial charge in [0, 0.05) is 17.3 Å². The molecule has 0 aliphatic heterocycles. The van der Waals surface area contributed by atoms with Crippen molar-refractivity contribution in [3.05, 3.63) is 29.3 Å². The maximum absolute atomic E-state index is 11.3. The van der Waals surface area contributed by atoms with Crippen LogP contribution in [0.15, 0.2) is 24.3 Å². The van der Waals surface area contributed by atoms with E-state index in [0.717, 1.165) is 0 Å². The highest BCUT2D eigenvalue weighted by Gasteiger charge is 2.01. The molecule has 5 heteroatoms. The van der Waals surface area contributed by atoms with Crippen LogP contribution in [0, 0.1) is 0 Å². The summed E-state index contributed by atoms with van der Waals surface area (Å²) in [5.74, 6) is -0.161. The number of amides is 1. The molecule has 0 aliphatic rings. The van der Waals surface area contributed by atoms with Crippen molar-refractivity contribution < 1.29 is 9.90 Å². The van der Waals surface area contributed by atoms with E-state index in [1.54, 1.807) is 24.3 Å². The Morgan fingerprint density at radius 3 is 2.93 bits per heavy atom. The Bertz CT molecular complexity index is 331. The van der Waals surface area contributed by atoms with Crippen molar-refractivity contribution in [3.8, 4) is 0 Å². The Morgan fingerprint density at radius 2 is 2.27 bits per heavy atom. The van der Waals surface area contributed by atoms with E-state index in [-0.39, 0.29) is 19.1 Å². The molecule has 0 spiro atoms. The molecule has 82 valence electrons. The third-order valence-corrected chi connectivity index (χ3v) is 1.92. The number of hydrogen-bond donors (Lipinski definition) is 3. The van der Waals surface area contributed by atoms with Gasteiger partial charge in [-0.05, 0) is 18.2 Å². The predicted molar refractivity (Wildman–Crippen MR) is 60.0 cm³/mol. The molecular weight excluding hydrogens is 218 g/mol. The van der Waals surface area contributed by atoms with Gasteiger partial charge in [-0.15, -0.1) is 0 Å². The van der Waals surface area contributed by atoms with E-state index in [0.29, 0.717) is 17.3 Å². The zero-order valence-electron chi connectivity index (χ0n) is 8.16. The van der Waals surface area contributed by atoms with Gasteiger partial charge in [-0.3, -0.25) is 4.79 Å². The number of rotatable bonds is 5. The molecule has 0 unspecified atom stereocenters. The molecule has 4 nitrogen and oxygen atoms in total. The fourth-order valence-corrected chi connectivity index (χ4v) is 1.24. The molecule has 0 aliphatic carbocycles. The lowest BCUT2D eigenvalue weighted by Crippen LogP contribution is -2.29. The fraction of sp³-hybridized carbons (Fsp3) is 0.300. The summed E-state index contributed by atoms with van der Waals surface area (Å²) in [4.78, 5) is 11.3. The van der Waals surface area contributed by atoms with Gasteiger partial charge in [0.05, 0.1) is 13.2 Å². The normalized spacial score (nSPS) is 10.0. The Balaban J connectivity index is 2.37. The lowest BCUT2D eigenvalue weighted by atomic mass is 10.3. The summed E-state index contributed by atoms with van der Waals surface area (Å²) in [5.41, 5.74) is 0.665. The summed E-state index contributed by atoms with van der Waals surface area (Å²) in [6, 6.07) is 6.93. The summed E-state index contributed by atoms with van der Waals surface area (Å²) in [7, 11) is 0. The molecule has 15 heavy (non-hydrogen) atoms. The second-order valence-electron chi connectivity index (χ2n) is 2.96. The molecule has 0 radical (unpaired) electrons. The predicted octanol–water partition coefficient (Wildman–Crippen LogP) is 0.860.